The van der Waals surface area contributed by atoms with Gasteiger partial charge < -0.3 is 9.64 Å². The van der Waals surface area contributed by atoms with Crippen LogP contribution in [0.15, 0.2) is 60.7 Å². The van der Waals surface area contributed by atoms with E-state index in [1.54, 1.807) is 11.8 Å². The minimum Gasteiger partial charge on any atom is -0.492 e. The Labute approximate surface area is 113 Å². The topological polar surface area (TPSA) is 29.5 Å². The minimum atomic E-state index is 0.0165. The van der Waals surface area contributed by atoms with Crippen molar-refractivity contribution < 1.29 is 9.53 Å². The second kappa shape index (κ2) is 6.59. The zero-order valence-electron chi connectivity index (χ0n) is 11.0. The molecule has 0 aliphatic heterocycles. The van der Waals surface area contributed by atoms with Crippen LogP contribution in [-0.2, 0) is 4.79 Å². The smallest absolute Gasteiger partial charge is 0.223 e. The lowest BCUT2D eigenvalue weighted by atomic mass is 10.3. The van der Waals surface area contributed by atoms with Crippen LogP contribution in [0.4, 0.5) is 5.69 Å². The summed E-state index contributed by atoms with van der Waals surface area (Å²) in [6.07, 6.45) is 0. The van der Waals surface area contributed by atoms with E-state index in [0.29, 0.717) is 13.2 Å². The Kier molecular flexibility index (Phi) is 4.56. The van der Waals surface area contributed by atoms with Crippen LogP contribution >= 0.6 is 0 Å². The first kappa shape index (κ1) is 13.1. The number of hydrogen-bond acceptors (Lipinski definition) is 2. The van der Waals surface area contributed by atoms with Crippen LogP contribution in [0.5, 0.6) is 5.75 Å². The molecule has 0 heterocycles. The van der Waals surface area contributed by atoms with Crippen LogP contribution in [0.3, 0.4) is 0 Å². The Morgan fingerprint density at radius 3 is 2.16 bits per heavy atom. The van der Waals surface area contributed by atoms with Gasteiger partial charge in [0.15, 0.2) is 0 Å². The standard InChI is InChI=1S/C16H17NO2/c1-14(18)17(15-8-4-2-5-9-15)12-13-19-16-10-6-3-7-11-16/h2-11H,12-13H2,1H3. The maximum atomic E-state index is 11.7. The van der Waals surface area contributed by atoms with Gasteiger partial charge in [0.2, 0.25) is 5.91 Å². The van der Waals surface area contributed by atoms with E-state index in [0.717, 1.165) is 11.4 Å². The molecule has 19 heavy (non-hydrogen) atoms. The molecule has 1 amide bonds. The van der Waals surface area contributed by atoms with Crippen LogP contribution in [0.2, 0.25) is 0 Å². The van der Waals surface area contributed by atoms with Gasteiger partial charge in [0.1, 0.15) is 12.4 Å². The predicted octanol–water partition coefficient (Wildman–Crippen LogP) is 3.12. The van der Waals surface area contributed by atoms with E-state index >= 15 is 0 Å². The number of anilines is 1. The summed E-state index contributed by atoms with van der Waals surface area (Å²) in [6.45, 7) is 2.57. The molecular formula is C16H17NO2. The molecule has 0 aliphatic carbocycles. The van der Waals surface area contributed by atoms with Gasteiger partial charge in [-0.05, 0) is 24.3 Å². The summed E-state index contributed by atoms with van der Waals surface area (Å²) in [6, 6.07) is 19.2. The van der Waals surface area contributed by atoms with E-state index in [9.17, 15) is 4.79 Å². The Hall–Kier alpha value is -2.29. The molecule has 0 aromatic heterocycles. The van der Waals surface area contributed by atoms with Crippen LogP contribution in [0, 0.1) is 0 Å². The van der Waals surface area contributed by atoms with E-state index < -0.39 is 0 Å². The molecule has 0 N–H and O–H groups in total. The van der Waals surface area contributed by atoms with E-state index in [4.69, 9.17) is 4.74 Å². The fourth-order valence-electron chi connectivity index (χ4n) is 1.85. The Morgan fingerprint density at radius 1 is 1.00 bits per heavy atom. The van der Waals surface area contributed by atoms with E-state index in [-0.39, 0.29) is 5.91 Å². The van der Waals surface area contributed by atoms with Crippen molar-refractivity contribution in [1.29, 1.82) is 0 Å². The maximum absolute atomic E-state index is 11.7. The minimum absolute atomic E-state index is 0.0165. The molecule has 3 heteroatoms. The SMILES string of the molecule is CC(=O)N(CCOc1ccccc1)c1ccccc1. The number of ether oxygens (including phenoxy) is 1. The molecule has 0 bridgehead atoms. The third kappa shape index (κ3) is 3.85. The van der Waals surface area contributed by atoms with Crippen molar-refractivity contribution in [1.82, 2.24) is 0 Å². The second-order valence-electron chi connectivity index (χ2n) is 4.17. The van der Waals surface area contributed by atoms with Crippen molar-refractivity contribution in [2.45, 2.75) is 6.92 Å². The van der Waals surface area contributed by atoms with Gasteiger partial charge in [-0.3, -0.25) is 4.79 Å². The van der Waals surface area contributed by atoms with Crippen molar-refractivity contribution >= 4 is 11.6 Å². The van der Waals surface area contributed by atoms with E-state index in [1.807, 2.05) is 60.7 Å². The Balaban J connectivity index is 1.94. The van der Waals surface area contributed by atoms with Crippen molar-refractivity contribution in [3.63, 3.8) is 0 Å². The summed E-state index contributed by atoms with van der Waals surface area (Å²) in [7, 11) is 0. The van der Waals surface area contributed by atoms with Gasteiger partial charge in [0.05, 0.1) is 6.54 Å². The fraction of sp³-hybridized carbons (Fsp3) is 0.188. The number of carbonyl (C=O) groups excluding carboxylic acids is 1. The van der Waals surface area contributed by atoms with Gasteiger partial charge in [-0.1, -0.05) is 36.4 Å². The largest absolute Gasteiger partial charge is 0.492 e. The molecule has 0 fully saturated rings. The molecule has 2 aromatic carbocycles. The zero-order chi connectivity index (χ0) is 13.5. The number of hydrogen-bond donors (Lipinski definition) is 0. The first-order valence-electron chi connectivity index (χ1n) is 6.28. The fourth-order valence-corrected chi connectivity index (χ4v) is 1.85. The molecule has 0 spiro atoms. The first-order chi connectivity index (χ1) is 9.27. The molecule has 0 atom stereocenters. The average molecular weight is 255 g/mol. The molecular weight excluding hydrogens is 238 g/mol. The molecule has 2 rings (SSSR count). The third-order valence-corrected chi connectivity index (χ3v) is 2.77. The summed E-state index contributed by atoms with van der Waals surface area (Å²) < 4.78 is 5.61. The van der Waals surface area contributed by atoms with Gasteiger partial charge in [-0.2, -0.15) is 0 Å². The zero-order valence-corrected chi connectivity index (χ0v) is 11.0. The quantitative estimate of drug-likeness (QED) is 0.821. The number of nitrogens with zero attached hydrogens (tertiary/aromatic N) is 1. The van der Waals surface area contributed by atoms with Gasteiger partial charge in [-0.25, -0.2) is 0 Å². The van der Waals surface area contributed by atoms with Gasteiger partial charge >= 0.3 is 0 Å². The monoisotopic (exact) mass is 255 g/mol. The lowest BCUT2D eigenvalue weighted by Crippen LogP contribution is -2.32. The van der Waals surface area contributed by atoms with Crippen molar-refractivity contribution in [2.75, 3.05) is 18.1 Å². The number of carbonyl (C=O) groups is 1. The molecule has 98 valence electrons. The molecule has 0 unspecified atom stereocenters. The highest BCUT2D eigenvalue weighted by Gasteiger charge is 2.10. The summed E-state index contributed by atoms with van der Waals surface area (Å²) in [5.41, 5.74) is 0.895. The Bertz CT molecular complexity index is 511. The van der Waals surface area contributed by atoms with E-state index in [1.165, 1.54) is 0 Å². The van der Waals surface area contributed by atoms with Gasteiger partial charge in [0.25, 0.3) is 0 Å². The van der Waals surface area contributed by atoms with Crippen LogP contribution in [0.1, 0.15) is 6.92 Å². The van der Waals surface area contributed by atoms with Crippen molar-refractivity contribution in [3.8, 4) is 5.75 Å². The van der Waals surface area contributed by atoms with Crippen LogP contribution in [-0.4, -0.2) is 19.1 Å². The summed E-state index contributed by atoms with van der Waals surface area (Å²) in [5.74, 6) is 0.835. The molecule has 0 aliphatic rings. The van der Waals surface area contributed by atoms with E-state index in [2.05, 4.69) is 0 Å². The highest BCUT2D eigenvalue weighted by atomic mass is 16.5. The molecule has 3 nitrogen and oxygen atoms in total. The number of benzene rings is 2. The average Bonchev–Trinajstić information content (AvgIpc) is 2.45. The third-order valence-electron chi connectivity index (χ3n) is 2.77. The van der Waals surface area contributed by atoms with Crippen molar-refractivity contribution in [3.05, 3.63) is 60.7 Å². The van der Waals surface area contributed by atoms with Crippen LogP contribution < -0.4 is 9.64 Å². The summed E-state index contributed by atoms with van der Waals surface area (Å²) in [4.78, 5) is 13.4. The highest BCUT2D eigenvalue weighted by Crippen LogP contribution is 2.14. The lowest BCUT2D eigenvalue weighted by Gasteiger charge is -2.21. The highest BCUT2D eigenvalue weighted by molar-refractivity contribution is 5.91. The number of para-hydroxylation sites is 2. The number of amides is 1. The lowest BCUT2D eigenvalue weighted by molar-refractivity contribution is -0.116. The maximum Gasteiger partial charge on any atom is 0.223 e. The number of rotatable bonds is 5. The summed E-state index contributed by atoms with van der Waals surface area (Å²) >= 11 is 0. The normalized spacial score (nSPS) is 9.95. The predicted molar refractivity (Wildman–Crippen MR) is 76.4 cm³/mol. The van der Waals surface area contributed by atoms with Crippen molar-refractivity contribution in [2.24, 2.45) is 0 Å². The van der Waals surface area contributed by atoms with Crippen LogP contribution in [0.25, 0.3) is 0 Å². The first-order valence-corrected chi connectivity index (χ1v) is 6.28. The summed E-state index contributed by atoms with van der Waals surface area (Å²) in [5, 5.41) is 0. The van der Waals surface area contributed by atoms with Gasteiger partial charge in [-0.15, -0.1) is 0 Å². The Morgan fingerprint density at radius 2 is 1.58 bits per heavy atom. The molecule has 0 saturated heterocycles. The van der Waals surface area contributed by atoms with Gasteiger partial charge in [0, 0.05) is 12.6 Å². The molecule has 2 aromatic rings. The second-order valence-corrected chi connectivity index (χ2v) is 4.17. The molecule has 0 saturated carbocycles. The molecule has 0 radical (unpaired) electrons.